The van der Waals surface area contributed by atoms with Crippen LogP contribution in [0.3, 0.4) is 0 Å². The normalized spacial score (nSPS) is 10.0. The van der Waals surface area contributed by atoms with E-state index in [1.54, 1.807) is 49.4 Å². The van der Waals surface area contributed by atoms with Gasteiger partial charge in [-0.15, -0.1) is 0 Å². The van der Waals surface area contributed by atoms with Gasteiger partial charge in [-0.2, -0.15) is 0 Å². The van der Waals surface area contributed by atoms with Crippen LogP contribution in [0, 0.1) is 13.8 Å². The van der Waals surface area contributed by atoms with Gasteiger partial charge in [-0.1, -0.05) is 35.9 Å². The zero-order valence-electron chi connectivity index (χ0n) is 10.8. The van der Waals surface area contributed by atoms with Crippen LogP contribution in [0.1, 0.15) is 31.8 Å². The molecule has 2 aromatic rings. The molecule has 3 heteroatoms. The SMILES string of the molecule is Cc1ccc(C(=O)OC(=O)c2ccccc2C)cc1. The minimum atomic E-state index is -0.631. The highest BCUT2D eigenvalue weighted by Crippen LogP contribution is 2.11. The van der Waals surface area contributed by atoms with Gasteiger partial charge in [0.2, 0.25) is 0 Å². The molecule has 0 saturated heterocycles. The van der Waals surface area contributed by atoms with Gasteiger partial charge in [-0.25, -0.2) is 9.59 Å². The Bertz CT molecular complexity index is 612. The molecule has 0 aliphatic rings. The molecule has 0 amide bonds. The van der Waals surface area contributed by atoms with Crippen LogP contribution in [0.4, 0.5) is 0 Å². The van der Waals surface area contributed by atoms with Crippen LogP contribution in [0.25, 0.3) is 0 Å². The Morgan fingerprint density at radius 3 is 2.11 bits per heavy atom. The Balaban J connectivity index is 2.13. The minimum Gasteiger partial charge on any atom is -0.386 e. The second-order valence-electron chi connectivity index (χ2n) is 4.36. The van der Waals surface area contributed by atoms with E-state index in [9.17, 15) is 9.59 Å². The van der Waals surface area contributed by atoms with Gasteiger partial charge in [-0.05, 0) is 37.6 Å². The standard InChI is InChI=1S/C16H14O3/c1-11-7-9-13(10-8-11)15(17)19-16(18)14-6-4-3-5-12(14)2/h3-10H,1-2H3. The second-order valence-corrected chi connectivity index (χ2v) is 4.36. The van der Waals surface area contributed by atoms with Crippen molar-refractivity contribution in [2.75, 3.05) is 0 Å². The van der Waals surface area contributed by atoms with Gasteiger partial charge >= 0.3 is 11.9 Å². The van der Waals surface area contributed by atoms with Crippen LogP contribution in [0.2, 0.25) is 0 Å². The molecule has 0 aromatic heterocycles. The summed E-state index contributed by atoms with van der Waals surface area (Å²) < 4.78 is 4.87. The fourth-order valence-electron chi connectivity index (χ4n) is 1.69. The molecule has 0 saturated carbocycles. The van der Waals surface area contributed by atoms with Gasteiger partial charge in [0.25, 0.3) is 0 Å². The lowest BCUT2D eigenvalue weighted by Crippen LogP contribution is -2.13. The molecule has 0 aliphatic carbocycles. The van der Waals surface area contributed by atoms with Gasteiger partial charge in [0, 0.05) is 0 Å². The van der Waals surface area contributed by atoms with Crippen molar-refractivity contribution >= 4 is 11.9 Å². The van der Waals surface area contributed by atoms with Gasteiger partial charge < -0.3 is 4.74 Å². The van der Waals surface area contributed by atoms with Crippen molar-refractivity contribution in [2.45, 2.75) is 13.8 Å². The summed E-state index contributed by atoms with van der Waals surface area (Å²) in [6.45, 7) is 3.72. The Hall–Kier alpha value is -2.42. The van der Waals surface area contributed by atoms with Gasteiger partial charge in [0.05, 0.1) is 11.1 Å². The van der Waals surface area contributed by atoms with E-state index in [0.29, 0.717) is 11.1 Å². The molecule has 0 spiro atoms. The smallest absolute Gasteiger partial charge is 0.346 e. The molecular weight excluding hydrogens is 240 g/mol. The summed E-state index contributed by atoms with van der Waals surface area (Å²) >= 11 is 0. The molecule has 19 heavy (non-hydrogen) atoms. The molecule has 0 unspecified atom stereocenters. The summed E-state index contributed by atoms with van der Waals surface area (Å²) in [5, 5.41) is 0. The Kier molecular flexibility index (Phi) is 3.76. The maximum absolute atomic E-state index is 11.9. The molecule has 0 aliphatic heterocycles. The highest BCUT2D eigenvalue weighted by Gasteiger charge is 2.15. The number of aryl methyl sites for hydroxylation is 2. The lowest BCUT2D eigenvalue weighted by molar-refractivity contribution is 0.0397. The molecule has 0 atom stereocenters. The average Bonchev–Trinajstić information content (AvgIpc) is 2.39. The average molecular weight is 254 g/mol. The summed E-state index contributed by atoms with van der Waals surface area (Å²) in [5.74, 6) is -1.25. The molecule has 0 fully saturated rings. The summed E-state index contributed by atoms with van der Waals surface area (Å²) in [7, 11) is 0. The summed E-state index contributed by atoms with van der Waals surface area (Å²) in [6, 6.07) is 13.9. The van der Waals surface area contributed by atoms with Gasteiger partial charge in [-0.3, -0.25) is 0 Å². The highest BCUT2D eigenvalue weighted by atomic mass is 16.6. The van der Waals surface area contributed by atoms with Crippen molar-refractivity contribution in [3.8, 4) is 0 Å². The Labute approximate surface area is 111 Å². The Morgan fingerprint density at radius 2 is 1.47 bits per heavy atom. The fraction of sp³-hybridized carbons (Fsp3) is 0.125. The minimum absolute atomic E-state index is 0.368. The molecule has 0 bridgehead atoms. The summed E-state index contributed by atoms with van der Waals surface area (Å²) in [4.78, 5) is 23.7. The zero-order valence-corrected chi connectivity index (χ0v) is 10.8. The number of benzene rings is 2. The first-order chi connectivity index (χ1) is 9.08. The summed E-state index contributed by atoms with van der Waals surface area (Å²) in [5.41, 5.74) is 2.60. The number of esters is 2. The van der Waals surface area contributed by atoms with Crippen LogP contribution in [-0.4, -0.2) is 11.9 Å². The second kappa shape index (κ2) is 5.48. The van der Waals surface area contributed by atoms with Crippen LogP contribution < -0.4 is 0 Å². The number of carbonyl (C=O) groups excluding carboxylic acids is 2. The first kappa shape index (κ1) is 13.0. The number of rotatable bonds is 2. The van der Waals surface area contributed by atoms with E-state index in [4.69, 9.17) is 4.74 Å². The molecular formula is C16H14O3. The van der Waals surface area contributed by atoms with Crippen molar-refractivity contribution in [1.29, 1.82) is 0 Å². The predicted molar refractivity (Wildman–Crippen MR) is 72.1 cm³/mol. The molecule has 2 aromatic carbocycles. The first-order valence-electron chi connectivity index (χ1n) is 5.97. The maximum atomic E-state index is 11.9. The monoisotopic (exact) mass is 254 g/mol. The number of hydrogen-bond acceptors (Lipinski definition) is 3. The van der Waals surface area contributed by atoms with E-state index in [1.165, 1.54) is 0 Å². The van der Waals surface area contributed by atoms with Crippen LogP contribution in [0.5, 0.6) is 0 Å². The van der Waals surface area contributed by atoms with E-state index in [0.717, 1.165) is 11.1 Å². The number of hydrogen-bond donors (Lipinski definition) is 0. The molecule has 2 rings (SSSR count). The largest absolute Gasteiger partial charge is 0.386 e. The van der Waals surface area contributed by atoms with E-state index in [-0.39, 0.29) is 0 Å². The number of carbonyl (C=O) groups is 2. The third-order valence-electron chi connectivity index (χ3n) is 2.84. The molecule has 0 heterocycles. The van der Waals surface area contributed by atoms with Crippen molar-refractivity contribution in [3.05, 3.63) is 70.8 Å². The predicted octanol–water partition coefficient (Wildman–Crippen LogP) is 3.30. The zero-order chi connectivity index (χ0) is 13.8. The molecule has 0 N–H and O–H groups in total. The van der Waals surface area contributed by atoms with Gasteiger partial charge in [0.1, 0.15) is 0 Å². The van der Waals surface area contributed by atoms with E-state index < -0.39 is 11.9 Å². The van der Waals surface area contributed by atoms with E-state index >= 15 is 0 Å². The van der Waals surface area contributed by atoms with Crippen molar-refractivity contribution in [3.63, 3.8) is 0 Å². The van der Waals surface area contributed by atoms with E-state index in [2.05, 4.69) is 0 Å². The fourth-order valence-corrected chi connectivity index (χ4v) is 1.69. The molecule has 3 nitrogen and oxygen atoms in total. The quantitative estimate of drug-likeness (QED) is 0.610. The van der Waals surface area contributed by atoms with E-state index in [1.807, 2.05) is 13.0 Å². The lowest BCUT2D eigenvalue weighted by Gasteiger charge is -2.05. The number of ether oxygens (including phenoxy) is 1. The topological polar surface area (TPSA) is 43.4 Å². The first-order valence-corrected chi connectivity index (χ1v) is 5.97. The van der Waals surface area contributed by atoms with Crippen LogP contribution in [-0.2, 0) is 4.74 Å². The van der Waals surface area contributed by atoms with Crippen molar-refractivity contribution in [1.82, 2.24) is 0 Å². The summed E-state index contributed by atoms with van der Waals surface area (Å²) in [6.07, 6.45) is 0. The Morgan fingerprint density at radius 1 is 0.842 bits per heavy atom. The third kappa shape index (κ3) is 3.07. The maximum Gasteiger partial charge on any atom is 0.346 e. The lowest BCUT2D eigenvalue weighted by atomic mass is 10.1. The third-order valence-corrected chi connectivity index (χ3v) is 2.84. The van der Waals surface area contributed by atoms with Crippen molar-refractivity contribution in [2.24, 2.45) is 0 Å². The molecule has 0 radical (unpaired) electrons. The van der Waals surface area contributed by atoms with Crippen LogP contribution >= 0.6 is 0 Å². The van der Waals surface area contributed by atoms with Crippen molar-refractivity contribution < 1.29 is 14.3 Å². The van der Waals surface area contributed by atoms with Crippen LogP contribution in [0.15, 0.2) is 48.5 Å². The molecule has 96 valence electrons. The van der Waals surface area contributed by atoms with Gasteiger partial charge in [0.15, 0.2) is 0 Å². The highest BCUT2D eigenvalue weighted by molar-refractivity contribution is 6.03.